The molecule has 0 aliphatic rings. The fraction of sp³-hybridized carbons (Fsp3) is 0.467. The lowest BCUT2D eigenvalue weighted by Crippen LogP contribution is -2.47. The number of hydrogen-bond donors (Lipinski definition) is 2. The molecule has 0 aliphatic heterocycles. The summed E-state index contributed by atoms with van der Waals surface area (Å²) in [5.41, 5.74) is -0.865. The molecule has 0 spiro atoms. The molecule has 0 aromatic heterocycles. The Balaban J connectivity index is 2.85. The third-order valence-electron chi connectivity index (χ3n) is 2.96. The van der Waals surface area contributed by atoms with Crippen molar-refractivity contribution in [3.8, 4) is 0 Å². The van der Waals surface area contributed by atoms with Gasteiger partial charge in [0.15, 0.2) is 0 Å². The second-order valence-electron chi connectivity index (χ2n) is 5.15. The van der Waals surface area contributed by atoms with Crippen molar-refractivity contribution in [1.82, 2.24) is 5.32 Å². The second-order valence-corrected chi connectivity index (χ2v) is 5.15. The Bertz CT molecular complexity index is 559. The minimum atomic E-state index is -4.50. The molecule has 1 aromatic carbocycles. The van der Waals surface area contributed by atoms with E-state index < -0.39 is 29.8 Å². The first-order valence-electron chi connectivity index (χ1n) is 7.06. The number of hydrogen-bond acceptors (Lipinski definition) is 3. The van der Waals surface area contributed by atoms with Crippen LogP contribution in [0.3, 0.4) is 0 Å². The van der Waals surface area contributed by atoms with E-state index in [0.717, 1.165) is 12.1 Å². The van der Waals surface area contributed by atoms with E-state index in [-0.39, 0.29) is 18.2 Å². The summed E-state index contributed by atoms with van der Waals surface area (Å²) in [7, 11) is 0. The number of benzene rings is 1. The number of rotatable bonds is 5. The fourth-order valence-corrected chi connectivity index (χ4v) is 1.83. The van der Waals surface area contributed by atoms with Crippen molar-refractivity contribution in [2.24, 2.45) is 5.92 Å². The summed E-state index contributed by atoms with van der Waals surface area (Å²) in [5, 5.41) is 4.76. The molecule has 2 amide bonds. The third-order valence-corrected chi connectivity index (χ3v) is 2.96. The quantitative estimate of drug-likeness (QED) is 0.868. The average Bonchev–Trinajstić information content (AvgIpc) is 2.44. The van der Waals surface area contributed by atoms with Crippen LogP contribution in [0.5, 0.6) is 0 Å². The molecule has 23 heavy (non-hydrogen) atoms. The van der Waals surface area contributed by atoms with Gasteiger partial charge in [-0.05, 0) is 31.0 Å². The van der Waals surface area contributed by atoms with Crippen molar-refractivity contribution in [2.45, 2.75) is 33.0 Å². The molecule has 1 atom stereocenters. The molecule has 0 bridgehead atoms. The molecule has 1 aromatic rings. The van der Waals surface area contributed by atoms with Gasteiger partial charge < -0.3 is 15.4 Å². The van der Waals surface area contributed by atoms with E-state index >= 15 is 0 Å². The van der Waals surface area contributed by atoms with Crippen molar-refractivity contribution in [3.05, 3.63) is 29.8 Å². The van der Waals surface area contributed by atoms with Gasteiger partial charge in [-0.1, -0.05) is 19.9 Å². The highest BCUT2D eigenvalue weighted by atomic mass is 19.4. The van der Waals surface area contributed by atoms with Gasteiger partial charge in [-0.15, -0.1) is 0 Å². The Morgan fingerprint density at radius 3 is 2.43 bits per heavy atom. The SMILES string of the molecule is CCOC(=O)NC(C(=O)Nc1cccc(C(F)(F)F)c1)C(C)C. The van der Waals surface area contributed by atoms with Crippen molar-refractivity contribution >= 4 is 17.7 Å². The Morgan fingerprint density at radius 1 is 1.26 bits per heavy atom. The number of carbonyl (C=O) groups is 2. The molecule has 128 valence electrons. The molecular weight excluding hydrogens is 313 g/mol. The monoisotopic (exact) mass is 332 g/mol. The van der Waals surface area contributed by atoms with Crippen LogP contribution in [0.1, 0.15) is 26.3 Å². The van der Waals surface area contributed by atoms with Gasteiger partial charge in [0.2, 0.25) is 5.91 Å². The second kappa shape index (κ2) is 7.85. The minimum absolute atomic E-state index is 0.00105. The van der Waals surface area contributed by atoms with E-state index in [1.165, 1.54) is 12.1 Å². The Hall–Kier alpha value is -2.25. The van der Waals surface area contributed by atoms with Gasteiger partial charge in [0.25, 0.3) is 0 Å². The summed E-state index contributed by atoms with van der Waals surface area (Å²) < 4.78 is 42.7. The maximum Gasteiger partial charge on any atom is 0.416 e. The molecule has 0 radical (unpaired) electrons. The lowest BCUT2D eigenvalue weighted by molar-refractivity contribution is -0.137. The molecule has 5 nitrogen and oxygen atoms in total. The van der Waals surface area contributed by atoms with E-state index in [9.17, 15) is 22.8 Å². The number of nitrogens with one attached hydrogen (secondary N) is 2. The Morgan fingerprint density at radius 2 is 1.91 bits per heavy atom. The number of anilines is 1. The van der Waals surface area contributed by atoms with E-state index in [2.05, 4.69) is 10.6 Å². The van der Waals surface area contributed by atoms with Crippen molar-refractivity contribution < 1.29 is 27.5 Å². The number of alkyl halides is 3. The zero-order valence-corrected chi connectivity index (χ0v) is 13.0. The normalized spacial score (nSPS) is 12.7. The molecule has 0 heterocycles. The number of ether oxygens (including phenoxy) is 1. The van der Waals surface area contributed by atoms with Gasteiger partial charge in [-0.25, -0.2) is 4.79 Å². The number of alkyl carbamates (subject to hydrolysis) is 1. The number of carbonyl (C=O) groups excluding carboxylic acids is 2. The Kier molecular flexibility index (Phi) is 6.41. The fourth-order valence-electron chi connectivity index (χ4n) is 1.83. The standard InChI is InChI=1S/C15H19F3N2O3/c1-4-23-14(22)20-12(9(2)3)13(21)19-11-7-5-6-10(8-11)15(16,17)18/h5-9,12H,4H2,1-3H3,(H,19,21)(H,20,22). The van der Waals surface area contributed by atoms with Crippen molar-refractivity contribution in [1.29, 1.82) is 0 Å². The maximum atomic E-state index is 12.7. The molecule has 0 saturated carbocycles. The highest BCUT2D eigenvalue weighted by Crippen LogP contribution is 2.30. The summed E-state index contributed by atoms with van der Waals surface area (Å²) in [6.45, 7) is 5.16. The van der Waals surface area contributed by atoms with Gasteiger partial charge in [-0.3, -0.25) is 4.79 Å². The zero-order chi connectivity index (χ0) is 17.6. The summed E-state index contributed by atoms with van der Waals surface area (Å²) in [5.74, 6) is -0.891. The van der Waals surface area contributed by atoms with E-state index in [4.69, 9.17) is 4.74 Å². The molecule has 1 rings (SSSR count). The van der Waals surface area contributed by atoms with Crippen LogP contribution in [0.15, 0.2) is 24.3 Å². The summed E-state index contributed by atoms with van der Waals surface area (Å²) in [6, 6.07) is 3.35. The van der Waals surface area contributed by atoms with Crippen LogP contribution in [0.2, 0.25) is 0 Å². The first kappa shape index (κ1) is 18.8. The van der Waals surface area contributed by atoms with Crippen LogP contribution < -0.4 is 10.6 Å². The first-order valence-corrected chi connectivity index (χ1v) is 7.06. The molecular formula is C15H19F3N2O3. The van der Waals surface area contributed by atoms with E-state index in [1.54, 1.807) is 20.8 Å². The molecule has 0 aliphatic carbocycles. The first-order chi connectivity index (χ1) is 10.6. The molecule has 1 unspecified atom stereocenters. The highest BCUT2D eigenvalue weighted by molar-refractivity contribution is 5.96. The zero-order valence-electron chi connectivity index (χ0n) is 13.0. The van der Waals surface area contributed by atoms with Crippen LogP contribution in [-0.4, -0.2) is 24.6 Å². The summed E-state index contributed by atoms with van der Waals surface area (Å²) in [6.07, 6.45) is -5.26. The van der Waals surface area contributed by atoms with E-state index in [1.807, 2.05) is 0 Å². The van der Waals surface area contributed by atoms with Gasteiger partial charge in [0.05, 0.1) is 12.2 Å². The van der Waals surface area contributed by atoms with Crippen LogP contribution in [0.4, 0.5) is 23.7 Å². The molecule has 8 heteroatoms. The largest absolute Gasteiger partial charge is 0.450 e. The van der Waals surface area contributed by atoms with Crippen LogP contribution in [0.25, 0.3) is 0 Å². The van der Waals surface area contributed by atoms with Crippen molar-refractivity contribution in [3.63, 3.8) is 0 Å². The molecule has 0 fully saturated rings. The van der Waals surface area contributed by atoms with Gasteiger partial charge in [-0.2, -0.15) is 13.2 Å². The van der Waals surface area contributed by atoms with Crippen molar-refractivity contribution in [2.75, 3.05) is 11.9 Å². The highest BCUT2D eigenvalue weighted by Gasteiger charge is 2.31. The smallest absolute Gasteiger partial charge is 0.416 e. The minimum Gasteiger partial charge on any atom is -0.450 e. The van der Waals surface area contributed by atoms with Gasteiger partial charge >= 0.3 is 12.3 Å². The lowest BCUT2D eigenvalue weighted by atomic mass is 10.0. The summed E-state index contributed by atoms with van der Waals surface area (Å²) in [4.78, 5) is 23.6. The van der Waals surface area contributed by atoms with Crippen LogP contribution >= 0.6 is 0 Å². The molecule has 0 saturated heterocycles. The van der Waals surface area contributed by atoms with Crippen LogP contribution in [0, 0.1) is 5.92 Å². The number of halogens is 3. The van der Waals surface area contributed by atoms with Gasteiger partial charge in [0, 0.05) is 5.69 Å². The lowest BCUT2D eigenvalue weighted by Gasteiger charge is -2.21. The van der Waals surface area contributed by atoms with E-state index in [0.29, 0.717) is 0 Å². The Labute approximate surface area is 132 Å². The average molecular weight is 332 g/mol. The predicted octanol–water partition coefficient (Wildman–Crippen LogP) is 3.41. The number of amides is 2. The third kappa shape index (κ3) is 5.80. The van der Waals surface area contributed by atoms with Crippen LogP contribution in [-0.2, 0) is 15.7 Å². The maximum absolute atomic E-state index is 12.7. The van der Waals surface area contributed by atoms with Gasteiger partial charge in [0.1, 0.15) is 6.04 Å². The topological polar surface area (TPSA) is 67.4 Å². The summed E-state index contributed by atoms with van der Waals surface area (Å²) >= 11 is 0. The molecule has 2 N–H and O–H groups in total. The predicted molar refractivity (Wildman–Crippen MR) is 78.9 cm³/mol.